The van der Waals surface area contributed by atoms with E-state index in [9.17, 15) is 4.79 Å². The molecule has 1 aliphatic heterocycles. The number of carbonyl (C=O) groups excluding carboxylic acids is 1. The molecule has 0 saturated heterocycles. The van der Waals surface area contributed by atoms with Crippen molar-refractivity contribution < 1.29 is 9.53 Å². The third kappa shape index (κ3) is 1.64. The lowest BCUT2D eigenvalue weighted by atomic mass is 9.97. The zero-order valence-electron chi connectivity index (χ0n) is 8.74. The number of benzene rings is 1. The van der Waals surface area contributed by atoms with Gasteiger partial charge in [0.15, 0.2) is 0 Å². The van der Waals surface area contributed by atoms with E-state index in [0.29, 0.717) is 12.8 Å². The Hall–Kier alpha value is -0.930. The van der Waals surface area contributed by atoms with E-state index in [2.05, 4.69) is 4.74 Å². The quantitative estimate of drug-likeness (QED) is 0.336. The number of aryl methyl sites for hydroxylation is 1. The summed E-state index contributed by atoms with van der Waals surface area (Å²) in [4.78, 5) is 10.3. The largest absolute Gasteiger partial charge is 0.466 e. The lowest BCUT2D eigenvalue weighted by molar-refractivity contribution is -0.143. The minimum absolute atomic E-state index is 0.432. The summed E-state index contributed by atoms with van der Waals surface area (Å²) in [6, 6.07) is 7.59. The van der Waals surface area contributed by atoms with Crippen LogP contribution in [0, 0.1) is 0 Å². The number of halogens is 2. The van der Waals surface area contributed by atoms with Gasteiger partial charge in [0.05, 0.1) is 12.8 Å². The van der Waals surface area contributed by atoms with Crippen molar-refractivity contribution in [1.29, 1.82) is 0 Å². The number of carbonyl (C=O) groups is 1. The third-order valence-corrected chi connectivity index (χ3v) is 3.81. The Balaban J connectivity index is 2.41. The van der Waals surface area contributed by atoms with Crippen molar-refractivity contribution >= 4 is 35.0 Å². The van der Waals surface area contributed by atoms with E-state index in [0.717, 1.165) is 11.3 Å². The maximum atomic E-state index is 11.6. The van der Waals surface area contributed by atoms with E-state index in [1.165, 1.54) is 11.5 Å². The normalized spacial score (nSPS) is 23.8. The van der Waals surface area contributed by atoms with Crippen LogP contribution >= 0.6 is 23.4 Å². The topological polar surface area (TPSA) is 29.5 Å². The molecular formula is C11H11Cl2NO2. The second-order valence-electron chi connectivity index (χ2n) is 3.66. The summed E-state index contributed by atoms with van der Waals surface area (Å²) in [6.07, 6.45) is 1.14. The van der Waals surface area contributed by atoms with Crippen molar-refractivity contribution in [3.8, 4) is 0 Å². The Morgan fingerprint density at radius 3 is 2.88 bits per heavy atom. The number of anilines is 1. The number of hydrogen-bond donors (Lipinski definition) is 0. The summed E-state index contributed by atoms with van der Waals surface area (Å²) < 4.78 is 5.94. The van der Waals surface area contributed by atoms with Crippen LogP contribution in [-0.4, -0.2) is 18.1 Å². The first kappa shape index (κ1) is 11.6. The van der Waals surface area contributed by atoms with Gasteiger partial charge in [0.2, 0.25) is 5.00 Å². The number of esters is 1. The van der Waals surface area contributed by atoms with Crippen LogP contribution in [0.25, 0.3) is 0 Å². The van der Waals surface area contributed by atoms with Crippen molar-refractivity contribution in [2.45, 2.75) is 17.8 Å². The average Bonchev–Trinajstić information content (AvgIpc) is 2.33. The fraction of sp³-hybridized carbons (Fsp3) is 0.364. The van der Waals surface area contributed by atoms with Gasteiger partial charge in [-0.3, -0.25) is 4.42 Å². The Labute approximate surface area is 104 Å². The Kier molecular flexibility index (Phi) is 3.00. The molecule has 2 rings (SSSR count). The van der Waals surface area contributed by atoms with Gasteiger partial charge in [0.25, 0.3) is 0 Å². The molecule has 0 N–H and O–H groups in total. The fourth-order valence-electron chi connectivity index (χ4n) is 1.84. The van der Waals surface area contributed by atoms with Crippen molar-refractivity contribution in [1.82, 2.24) is 0 Å². The number of rotatable bonds is 1. The Bertz CT molecular complexity index is 424. The minimum Gasteiger partial charge on any atom is -0.466 e. The van der Waals surface area contributed by atoms with Crippen LogP contribution < -0.4 is 4.42 Å². The summed E-state index contributed by atoms with van der Waals surface area (Å²) in [5, 5.41) is 0. The molecule has 3 nitrogen and oxygen atoms in total. The lowest BCUT2D eigenvalue weighted by Gasteiger charge is -2.37. The number of methoxy groups -OCH3 is 1. The van der Waals surface area contributed by atoms with Crippen molar-refractivity contribution in [3.63, 3.8) is 0 Å². The molecule has 86 valence electrons. The molecule has 1 aromatic rings. The smallest absolute Gasteiger partial charge is 0.348 e. The highest BCUT2D eigenvalue weighted by Gasteiger charge is 2.46. The standard InChI is InChI=1S/C11H11Cl2NO2/c1-16-10(15)11(12)7-6-8-4-2-3-5-9(8)14(11)13/h2-5H,6-7H2,1H3. The van der Waals surface area contributed by atoms with Gasteiger partial charge in [-0.2, -0.15) is 0 Å². The highest BCUT2D eigenvalue weighted by molar-refractivity contribution is 6.43. The van der Waals surface area contributed by atoms with E-state index in [-0.39, 0.29) is 0 Å². The molecule has 1 atom stereocenters. The van der Waals surface area contributed by atoms with Crippen molar-refractivity contribution in [2.75, 3.05) is 11.5 Å². The molecule has 0 saturated carbocycles. The summed E-state index contributed by atoms with van der Waals surface area (Å²) >= 11 is 12.4. The zero-order valence-corrected chi connectivity index (χ0v) is 10.3. The SMILES string of the molecule is COC(=O)C1(Cl)CCc2ccccc2N1Cl. The molecule has 0 bridgehead atoms. The van der Waals surface area contributed by atoms with Crippen molar-refractivity contribution in [2.24, 2.45) is 0 Å². The van der Waals surface area contributed by atoms with Gasteiger partial charge in [-0.05, 0) is 18.1 Å². The van der Waals surface area contributed by atoms with E-state index < -0.39 is 11.0 Å². The predicted octanol–water partition coefficient (Wildman–Crippen LogP) is 2.70. The maximum Gasteiger partial charge on any atom is 0.348 e. The second kappa shape index (κ2) is 4.15. The van der Waals surface area contributed by atoms with Gasteiger partial charge >= 0.3 is 5.97 Å². The predicted molar refractivity (Wildman–Crippen MR) is 63.7 cm³/mol. The number of alkyl halides is 1. The second-order valence-corrected chi connectivity index (χ2v) is 4.62. The molecule has 5 heteroatoms. The Morgan fingerprint density at radius 2 is 2.19 bits per heavy atom. The molecular weight excluding hydrogens is 249 g/mol. The van der Waals surface area contributed by atoms with Crippen LogP contribution in [0.3, 0.4) is 0 Å². The van der Waals surface area contributed by atoms with E-state index >= 15 is 0 Å². The van der Waals surface area contributed by atoms with Gasteiger partial charge < -0.3 is 4.74 Å². The third-order valence-electron chi connectivity index (χ3n) is 2.74. The van der Waals surface area contributed by atoms with Crippen LogP contribution in [0.1, 0.15) is 12.0 Å². The molecule has 0 fully saturated rings. The lowest BCUT2D eigenvalue weighted by Crippen LogP contribution is -2.49. The monoisotopic (exact) mass is 259 g/mol. The van der Waals surface area contributed by atoms with Crippen LogP contribution in [-0.2, 0) is 16.0 Å². The van der Waals surface area contributed by atoms with E-state index in [4.69, 9.17) is 23.4 Å². The molecule has 16 heavy (non-hydrogen) atoms. The molecule has 1 aliphatic rings. The van der Waals surface area contributed by atoms with Crippen LogP contribution in [0.4, 0.5) is 5.69 Å². The van der Waals surface area contributed by atoms with Crippen LogP contribution in [0.15, 0.2) is 24.3 Å². The van der Waals surface area contributed by atoms with Gasteiger partial charge in [-0.1, -0.05) is 29.8 Å². The van der Waals surface area contributed by atoms with E-state index in [1.54, 1.807) is 0 Å². The molecule has 0 aromatic heterocycles. The first-order valence-electron chi connectivity index (χ1n) is 4.91. The summed E-state index contributed by atoms with van der Waals surface area (Å²) in [5.41, 5.74) is 1.84. The molecule has 0 spiro atoms. The van der Waals surface area contributed by atoms with Crippen LogP contribution in [0.2, 0.25) is 0 Å². The van der Waals surface area contributed by atoms with Gasteiger partial charge in [0.1, 0.15) is 0 Å². The number of ether oxygens (including phenoxy) is 1. The molecule has 0 radical (unpaired) electrons. The van der Waals surface area contributed by atoms with Crippen LogP contribution in [0.5, 0.6) is 0 Å². The number of nitrogens with zero attached hydrogens (tertiary/aromatic N) is 1. The summed E-state index contributed by atoms with van der Waals surface area (Å²) in [6.45, 7) is 0. The molecule has 0 amide bonds. The number of hydrogen-bond acceptors (Lipinski definition) is 3. The zero-order chi connectivity index (χ0) is 11.8. The van der Waals surface area contributed by atoms with Gasteiger partial charge in [0, 0.05) is 18.2 Å². The highest BCUT2D eigenvalue weighted by Crippen LogP contribution is 2.41. The minimum atomic E-state index is -1.30. The molecule has 1 aromatic carbocycles. The molecule has 0 aliphatic carbocycles. The molecule has 1 heterocycles. The maximum absolute atomic E-state index is 11.6. The molecule has 1 unspecified atom stereocenters. The fourth-order valence-corrected chi connectivity index (χ4v) is 2.42. The average molecular weight is 260 g/mol. The van der Waals surface area contributed by atoms with E-state index in [1.807, 2.05) is 24.3 Å². The van der Waals surface area contributed by atoms with Gasteiger partial charge in [-0.15, -0.1) is 0 Å². The highest BCUT2D eigenvalue weighted by atomic mass is 35.5. The van der Waals surface area contributed by atoms with Gasteiger partial charge in [-0.25, -0.2) is 4.79 Å². The number of fused-ring (bicyclic) bond motifs is 1. The summed E-state index contributed by atoms with van der Waals surface area (Å²) in [7, 11) is 1.30. The Morgan fingerprint density at radius 1 is 1.50 bits per heavy atom. The van der Waals surface area contributed by atoms with Crippen molar-refractivity contribution in [3.05, 3.63) is 29.8 Å². The first-order valence-corrected chi connectivity index (χ1v) is 5.62. The number of para-hydroxylation sites is 1. The summed E-state index contributed by atoms with van der Waals surface area (Å²) in [5.74, 6) is -0.529. The first-order chi connectivity index (χ1) is 7.59.